The van der Waals surface area contributed by atoms with Crippen LogP contribution in [0.4, 0.5) is 5.82 Å². The maximum atomic E-state index is 11.4. The summed E-state index contributed by atoms with van der Waals surface area (Å²) in [7, 11) is 0. The van der Waals surface area contributed by atoms with Crippen molar-refractivity contribution in [2.45, 2.75) is 12.8 Å². The molecule has 0 spiro atoms. The van der Waals surface area contributed by atoms with Crippen molar-refractivity contribution >= 4 is 37.7 Å². The smallest absolute Gasteiger partial charge is 0.267 e. The number of piperidine rings is 1. The first-order chi connectivity index (χ1) is 7.72. The van der Waals surface area contributed by atoms with Crippen molar-refractivity contribution in [3.05, 3.63) is 21.2 Å². The first-order valence-electron chi connectivity index (χ1n) is 5.26. The summed E-state index contributed by atoms with van der Waals surface area (Å²) in [5, 5.41) is 1.06. The Morgan fingerprint density at radius 3 is 2.81 bits per heavy atom. The fourth-order valence-corrected chi connectivity index (χ4v) is 3.01. The van der Waals surface area contributed by atoms with Crippen LogP contribution in [0.5, 0.6) is 0 Å². The molecule has 1 N–H and O–H groups in total. The zero-order valence-corrected chi connectivity index (χ0v) is 11.9. The number of hydrogen-bond donors (Lipinski definition) is 1. The number of aromatic nitrogens is 2. The molecule has 0 radical (unpaired) electrons. The van der Waals surface area contributed by atoms with E-state index in [2.05, 4.69) is 46.7 Å². The maximum Gasteiger partial charge on any atom is 0.267 e. The molecule has 0 aromatic carbocycles. The standard InChI is InChI=1S/C10H13Br2N3O/c11-5-7-1-3-15(4-2-7)9-8(12)10(16)14-6-13-9/h6-7H,1-5H2,(H,13,14,16). The number of alkyl halides is 1. The highest BCUT2D eigenvalue weighted by Gasteiger charge is 2.21. The third-order valence-electron chi connectivity index (χ3n) is 2.91. The molecule has 6 heteroatoms. The highest BCUT2D eigenvalue weighted by atomic mass is 79.9. The number of H-pyrrole nitrogens is 1. The van der Waals surface area contributed by atoms with Gasteiger partial charge in [0.25, 0.3) is 5.56 Å². The summed E-state index contributed by atoms with van der Waals surface area (Å²) < 4.78 is 0.535. The molecule has 1 fully saturated rings. The molecule has 1 aliphatic rings. The Morgan fingerprint density at radius 2 is 2.19 bits per heavy atom. The lowest BCUT2D eigenvalue weighted by atomic mass is 9.99. The van der Waals surface area contributed by atoms with E-state index in [4.69, 9.17) is 0 Å². The SMILES string of the molecule is O=c1[nH]cnc(N2CCC(CBr)CC2)c1Br. The second kappa shape index (κ2) is 5.31. The van der Waals surface area contributed by atoms with Gasteiger partial charge in [-0.05, 0) is 34.7 Å². The predicted molar refractivity (Wildman–Crippen MR) is 71.3 cm³/mol. The molecule has 88 valence electrons. The van der Waals surface area contributed by atoms with E-state index in [-0.39, 0.29) is 5.56 Å². The lowest BCUT2D eigenvalue weighted by Crippen LogP contribution is -2.35. The molecule has 0 amide bonds. The second-order valence-corrected chi connectivity index (χ2v) is 5.39. The molecule has 1 aromatic heterocycles. The van der Waals surface area contributed by atoms with Crippen LogP contribution in [0.2, 0.25) is 0 Å². The van der Waals surface area contributed by atoms with Crippen molar-refractivity contribution < 1.29 is 0 Å². The van der Waals surface area contributed by atoms with Crippen molar-refractivity contribution in [1.82, 2.24) is 9.97 Å². The molecule has 1 saturated heterocycles. The van der Waals surface area contributed by atoms with E-state index in [9.17, 15) is 4.79 Å². The topological polar surface area (TPSA) is 49.0 Å². The third-order valence-corrected chi connectivity index (χ3v) is 4.54. The Balaban J connectivity index is 2.14. The average Bonchev–Trinajstić information content (AvgIpc) is 2.33. The fraction of sp³-hybridized carbons (Fsp3) is 0.600. The summed E-state index contributed by atoms with van der Waals surface area (Å²) in [6.07, 6.45) is 3.75. The number of rotatable bonds is 2. The van der Waals surface area contributed by atoms with Crippen LogP contribution in [0.15, 0.2) is 15.6 Å². The van der Waals surface area contributed by atoms with Gasteiger partial charge in [0.05, 0.1) is 6.33 Å². The lowest BCUT2D eigenvalue weighted by molar-refractivity contribution is 0.444. The minimum absolute atomic E-state index is 0.118. The van der Waals surface area contributed by atoms with Crippen molar-refractivity contribution in [1.29, 1.82) is 0 Å². The van der Waals surface area contributed by atoms with E-state index < -0.39 is 0 Å². The average molecular weight is 351 g/mol. The second-order valence-electron chi connectivity index (χ2n) is 3.95. The molecule has 4 nitrogen and oxygen atoms in total. The number of nitrogens with one attached hydrogen (secondary N) is 1. The highest BCUT2D eigenvalue weighted by Crippen LogP contribution is 2.25. The summed E-state index contributed by atoms with van der Waals surface area (Å²) in [5.41, 5.74) is -0.118. The highest BCUT2D eigenvalue weighted by molar-refractivity contribution is 9.10. The lowest BCUT2D eigenvalue weighted by Gasteiger charge is -2.32. The molecule has 0 atom stereocenters. The summed E-state index contributed by atoms with van der Waals surface area (Å²) in [6.45, 7) is 1.93. The van der Waals surface area contributed by atoms with Gasteiger partial charge in [-0.1, -0.05) is 15.9 Å². The van der Waals surface area contributed by atoms with Gasteiger partial charge in [-0.2, -0.15) is 0 Å². The van der Waals surface area contributed by atoms with E-state index in [0.29, 0.717) is 4.47 Å². The van der Waals surface area contributed by atoms with Crippen LogP contribution >= 0.6 is 31.9 Å². The van der Waals surface area contributed by atoms with Crippen molar-refractivity contribution in [2.24, 2.45) is 5.92 Å². The number of halogens is 2. The molecule has 16 heavy (non-hydrogen) atoms. The van der Waals surface area contributed by atoms with Crippen LogP contribution < -0.4 is 10.5 Å². The zero-order chi connectivity index (χ0) is 11.5. The minimum atomic E-state index is -0.118. The molecular weight excluding hydrogens is 338 g/mol. The van der Waals surface area contributed by atoms with Gasteiger partial charge in [-0.25, -0.2) is 4.98 Å². The van der Waals surface area contributed by atoms with Gasteiger partial charge in [-0.15, -0.1) is 0 Å². The first kappa shape index (κ1) is 12.1. The van der Waals surface area contributed by atoms with Crippen molar-refractivity contribution in [3.8, 4) is 0 Å². The van der Waals surface area contributed by atoms with Crippen LogP contribution in [-0.2, 0) is 0 Å². The van der Waals surface area contributed by atoms with Gasteiger partial charge in [0, 0.05) is 18.4 Å². The monoisotopic (exact) mass is 349 g/mol. The maximum absolute atomic E-state index is 11.4. The van der Waals surface area contributed by atoms with E-state index in [1.54, 1.807) is 0 Å². The van der Waals surface area contributed by atoms with Crippen LogP contribution in [0, 0.1) is 5.92 Å². The Labute approximate surface area is 111 Å². The third kappa shape index (κ3) is 2.48. The van der Waals surface area contributed by atoms with Crippen LogP contribution in [0.3, 0.4) is 0 Å². The van der Waals surface area contributed by atoms with Crippen LogP contribution in [-0.4, -0.2) is 28.4 Å². The fourth-order valence-electron chi connectivity index (χ4n) is 1.89. The Morgan fingerprint density at radius 1 is 1.50 bits per heavy atom. The van der Waals surface area contributed by atoms with Gasteiger partial charge < -0.3 is 9.88 Å². The molecule has 1 aliphatic heterocycles. The largest absolute Gasteiger partial charge is 0.355 e. The molecule has 1 aromatic rings. The van der Waals surface area contributed by atoms with Gasteiger partial charge in [0.2, 0.25) is 0 Å². The summed E-state index contributed by atoms with van der Waals surface area (Å²) in [6, 6.07) is 0. The van der Waals surface area contributed by atoms with E-state index in [1.807, 2.05) is 0 Å². The molecule has 0 unspecified atom stereocenters. The Bertz CT molecular complexity index is 413. The minimum Gasteiger partial charge on any atom is -0.355 e. The zero-order valence-electron chi connectivity index (χ0n) is 8.75. The summed E-state index contributed by atoms with van der Waals surface area (Å²) in [4.78, 5) is 20.4. The van der Waals surface area contributed by atoms with Gasteiger partial charge in [0.1, 0.15) is 10.3 Å². The molecular formula is C10H13Br2N3O. The molecule has 2 rings (SSSR count). The summed E-state index contributed by atoms with van der Waals surface area (Å²) in [5.74, 6) is 1.51. The predicted octanol–water partition coefficient (Wildman–Crippen LogP) is 2.14. The number of nitrogens with zero attached hydrogens (tertiary/aromatic N) is 2. The van der Waals surface area contributed by atoms with Gasteiger partial charge >= 0.3 is 0 Å². The quantitative estimate of drug-likeness (QED) is 0.831. The molecule has 2 heterocycles. The number of anilines is 1. The van der Waals surface area contributed by atoms with Crippen molar-refractivity contribution in [3.63, 3.8) is 0 Å². The molecule has 0 aliphatic carbocycles. The number of hydrogen-bond acceptors (Lipinski definition) is 3. The van der Waals surface area contributed by atoms with Crippen LogP contribution in [0.1, 0.15) is 12.8 Å². The van der Waals surface area contributed by atoms with E-state index >= 15 is 0 Å². The van der Waals surface area contributed by atoms with E-state index in [1.165, 1.54) is 6.33 Å². The van der Waals surface area contributed by atoms with E-state index in [0.717, 1.165) is 43.0 Å². The summed E-state index contributed by atoms with van der Waals surface area (Å²) >= 11 is 6.81. The van der Waals surface area contributed by atoms with Crippen LogP contribution in [0.25, 0.3) is 0 Å². The Hall–Kier alpha value is -0.360. The molecule has 0 bridgehead atoms. The van der Waals surface area contributed by atoms with Gasteiger partial charge in [-0.3, -0.25) is 4.79 Å². The van der Waals surface area contributed by atoms with Gasteiger partial charge in [0.15, 0.2) is 0 Å². The normalized spacial score (nSPS) is 17.8. The number of aromatic amines is 1. The molecule has 0 saturated carbocycles. The Kier molecular flexibility index (Phi) is 4.02. The first-order valence-corrected chi connectivity index (χ1v) is 7.18. The van der Waals surface area contributed by atoms with Crippen molar-refractivity contribution in [2.75, 3.05) is 23.3 Å².